The fourth-order valence-corrected chi connectivity index (χ4v) is 2.94. The number of hydrogen-bond acceptors (Lipinski definition) is 3. The monoisotopic (exact) mass is 289 g/mol. The molecule has 116 valence electrons. The fourth-order valence-electron chi connectivity index (χ4n) is 2.94. The molecule has 1 fully saturated rings. The van der Waals surface area contributed by atoms with Crippen molar-refractivity contribution in [3.63, 3.8) is 0 Å². The number of likely N-dealkylation sites (tertiary alicyclic amines) is 1. The minimum atomic E-state index is 0.161. The Bertz CT molecular complexity index is 489. The van der Waals surface area contributed by atoms with E-state index in [1.165, 1.54) is 0 Å². The second kappa shape index (κ2) is 7.05. The standard InChI is InChI=1S/C17H27N3O/c1-4-20(16-8-6-5-7-14(16)3)17(21)12-19-10-9-13(2)15(18)11-19/h5-8,13,15H,4,9-12,18H2,1-3H3. The number of piperidine rings is 1. The van der Waals surface area contributed by atoms with Gasteiger partial charge in [0, 0.05) is 24.8 Å². The third-order valence-electron chi connectivity index (χ3n) is 4.48. The molecule has 1 heterocycles. The third-order valence-corrected chi connectivity index (χ3v) is 4.48. The van der Waals surface area contributed by atoms with Crippen molar-refractivity contribution in [1.82, 2.24) is 4.90 Å². The molecule has 1 saturated heterocycles. The van der Waals surface area contributed by atoms with Gasteiger partial charge in [-0.25, -0.2) is 0 Å². The summed E-state index contributed by atoms with van der Waals surface area (Å²) in [5.41, 5.74) is 8.27. The number of carbonyl (C=O) groups excluding carboxylic acids is 1. The summed E-state index contributed by atoms with van der Waals surface area (Å²) in [6, 6.07) is 8.23. The number of hydrogen-bond donors (Lipinski definition) is 1. The number of nitrogens with two attached hydrogens (primary N) is 1. The van der Waals surface area contributed by atoms with Gasteiger partial charge in [0.25, 0.3) is 0 Å². The number of carbonyl (C=O) groups is 1. The highest BCUT2D eigenvalue weighted by Crippen LogP contribution is 2.20. The van der Waals surface area contributed by atoms with Gasteiger partial charge < -0.3 is 10.6 Å². The van der Waals surface area contributed by atoms with Crippen LogP contribution in [0.1, 0.15) is 25.8 Å². The molecule has 1 amide bonds. The summed E-state index contributed by atoms with van der Waals surface area (Å²) in [6.45, 7) is 9.19. The quantitative estimate of drug-likeness (QED) is 0.922. The third kappa shape index (κ3) is 3.83. The van der Waals surface area contributed by atoms with E-state index >= 15 is 0 Å². The Balaban J connectivity index is 2.03. The van der Waals surface area contributed by atoms with Gasteiger partial charge in [-0.05, 0) is 44.4 Å². The number of nitrogens with zero attached hydrogens (tertiary/aromatic N) is 2. The molecule has 0 spiro atoms. The molecule has 0 aromatic heterocycles. The molecule has 0 saturated carbocycles. The average molecular weight is 289 g/mol. The van der Waals surface area contributed by atoms with E-state index < -0.39 is 0 Å². The zero-order valence-electron chi connectivity index (χ0n) is 13.4. The van der Waals surface area contributed by atoms with Gasteiger partial charge in [0.2, 0.25) is 5.91 Å². The largest absolute Gasteiger partial charge is 0.326 e. The van der Waals surface area contributed by atoms with Gasteiger partial charge in [0.1, 0.15) is 0 Å². The van der Waals surface area contributed by atoms with Crippen LogP contribution < -0.4 is 10.6 Å². The van der Waals surface area contributed by atoms with Crippen LogP contribution in [-0.2, 0) is 4.79 Å². The molecule has 1 aliphatic rings. The molecule has 1 aliphatic heterocycles. The summed E-state index contributed by atoms with van der Waals surface area (Å²) in [6.07, 6.45) is 1.07. The maximum absolute atomic E-state index is 12.6. The van der Waals surface area contributed by atoms with Crippen molar-refractivity contribution in [2.75, 3.05) is 31.1 Å². The summed E-state index contributed by atoms with van der Waals surface area (Å²) < 4.78 is 0. The molecule has 2 rings (SSSR count). The first-order valence-corrected chi connectivity index (χ1v) is 7.86. The van der Waals surface area contributed by atoms with Gasteiger partial charge in [-0.3, -0.25) is 9.69 Å². The summed E-state index contributed by atoms with van der Waals surface area (Å²) >= 11 is 0. The van der Waals surface area contributed by atoms with Gasteiger partial charge in [-0.1, -0.05) is 25.1 Å². The van der Waals surface area contributed by atoms with Crippen molar-refractivity contribution in [3.05, 3.63) is 29.8 Å². The molecule has 2 atom stereocenters. The van der Waals surface area contributed by atoms with Crippen LogP contribution in [0.5, 0.6) is 0 Å². The zero-order chi connectivity index (χ0) is 15.4. The lowest BCUT2D eigenvalue weighted by molar-refractivity contribution is -0.120. The predicted octanol–water partition coefficient (Wildman–Crippen LogP) is 2.02. The molecule has 2 N–H and O–H groups in total. The second-order valence-electron chi connectivity index (χ2n) is 6.09. The van der Waals surface area contributed by atoms with Crippen LogP contribution in [0.4, 0.5) is 5.69 Å². The summed E-state index contributed by atoms with van der Waals surface area (Å²) in [5.74, 6) is 0.712. The van der Waals surface area contributed by atoms with Crippen molar-refractivity contribution in [3.8, 4) is 0 Å². The highest BCUT2D eigenvalue weighted by Gasteiger charge is 2.26. The normalized spacial score (nSPS) is 23.0. The van der Waals surface area contributed by atoms with E-state index in [4.69, 9.17) is 5.73 Å². The van der Waals surface area contributed by atoms with E-state index in [0.717, 1.165) is 30.8 Å². The Kier molecular flexibility index (Phi) is 5.37. The molecule has 0 bridgehead atoms. The molecule has 4 heteroatoms. The number of para-hydroxylation sites is 1. The van der Waals surface area contributed by atoms with Gasteiger partial charge in [-0.15, -0.1) is 0 Å². The van der Waals surface area contributed by atoms with E-state index in [-0.39, 0.29) is 11.9 Å². The number of likely N-dealkylation sites (N-methyl/N-ethyl adjacent to an activating group) is 1. The summed E-state index contributed by atoms with van der Waals surface area (Å²) in [4.78, 5) is 16.7. The fraction of sp³-hybridized carbons (Fsp3) is 0.588. The molecule has 0 radical (unpaired) electrons. The van der Waals surface area contributed by atoms with E-state index in [2.05, 4.69) is 11.8 Å². The Morgan fingerprint density at radius 2 is 2.14 bits per heavy atom. The van der Waals surface area contributed by atoms with Gasteiger partial charge in [0.15, 0.2) is 0 Å². The lowest BCUT2D eigenvalue weighted by Crippen LogP contribution is -2.51. The van der Waals surface area contributed by atoms with Crippen LogP contribution in [0.3, 0.4) is 0 Å². The predicted molar refractivity (Wildman–Crippen MR) is 87.4 cm³/mol. The number of rotatable bonds is 4. The van der Waals surface area contributed by atoms with Gasteiger partial charge >= 0.3 is 0 Å². The van der Waals surface area contributed by atoms with E-state index in [1.807, 2.05) is 43.0 Å². The van der Waals surface area contributed by atoms with E-state index in [1.54, 1.807) is 0 Å². The summed E-state index contributed by atoms with van der Waals surface area (Å²) in [5, 5.41) is 0. The second-order valence-corrected chi connectivity index (χ2v) is 6.09. The van der Waals surface area contributed by atoms with E-state index in [0.29, 0.717) is 19.0 Å². The first-order valence-electron chi connectivity index (χ1n) is 7.86. The molecular weight excluding hydrogens is 262 g/mol. The Hall–Kier alpha value is -1.39. The Labute approximate surface area is 127 Å². The smallest absolute Gasteiger partial charge is 0.241 e. The van der Waals surface area contributed by atoms with Crippen LogP contribution in [0.2, 0.25) is 0 Å². The van der Waals surface area contributed by atoms with Crippen molar-refractivity contribution >= 4 is 11.6 Å². The van der Waals surface area contributed by atoms with Crippen LogP contribution >= 0.6 is 0 Å². The number of anilines is 1. The highest BCUT2D eigenvalue weighted by molar-refractivity contribution is 5.95. The minimum Gasteiger partial charge on any atom is -0.326 e. The van der Waals surface area contributed by atoms with Gasteiger partial charge in [0.05, 0.1) is 6.54 Å². The van der Waals surface area contributed by atoms with Crippen molar-refractivity contribution in [1.29, 1.82) is 0 Å². The van der Waals surface area contributed by atoms with Crippen LogP contribution in [0.15, 0.2) is 24.3 Å². The zero-order valence-corrected chi connectivity index (χ0v) is 13.4. The maximum Gasteiger partial charge on any atom is 0.241 e. The SMILES string of the molecule is CCN(C(=O)CN1CCC(C)C(N)C1)c1ccccc1C. The van der Waals surface area contributed by atoms with Crippen LogP contribution in [-0.4, -0.2) is 43.0 Å². The first-order chi connectivity index (χ1) is 10.0. The molecule has 21 heavy (non-hydrogen) atoms. The lowest BCUT2D eigenvalue weighted by Gasteiger charge is -2.35. The highest BCUT2D eigenvalue weighted by atomic mass is 16.2. The van der Waals surface area contributed by atoms with Crippen molar-refractivity contribution < 1.29 is 4.79 Å². The molecule has 2 unspecified atom stereocenters. The first kappa shape index (κ1) is 16.0. The summed E-state index contributed by atoms with van der Waals surface area (Å²) in [7, 11) is 0. The molecular formula is C17H27N3O. The molecule has 4 nitrogen and oxygen atoms in total. The van der Waals surface area contributed by atoms with E-state index in [9.17, 15) is 4.79 Å². The minimum absolute atomic E-state index is 0.161. The molecule has 1 aromatic carbocycles. The number of benzene rings is 1. The van der Waals surface area contributed by atoms with Crippen LogP contribution in [0.25, 0.3) is 0 Å². The molecule has 0 aliphatic carbocycles. The maximum atomic E-state index is 12.6. The topological polar surface area (TPSA) is 49.6 Å². The molecule has 1 aromatic rings. The Morgan fingerprint density at radius 1 is 1.43 bits per heavy atom. The average Bonchev–Trinajstić information content (AvgIpc) is 2.46. The van der Waals surface area contributed by atoms with Crippen molar-refractivity contribution in [2.45, 2.75) is 33.2 Å². The number of aryl methyl sites for hydroxylation is 1. The van der Waals surface area contributed by atoms with Crippen molar-refractivity contribution in [2.24, 2.45) is 11.7 Å². The lowest BCUT2D eigenvalue weighted by atomic mass is 9.94. The number of amides is 1. The van der Waals surface area contributed by atoms with Gasteiger partial charge in [-0.2, -0.15) is 0 Å². The van der Waals surface area contributed by atoms with Crippen LogP contribution in [0, 0.1) is 12.8 Å². The Morgan fingerprint density at radius 3 is 2.76 bits per heavy atom.